The van der Waals surface area contributed by atoms with Gasteiger partial charge in [0.2, 0.25) is 5.91 Å². The number of hydrogen-bond acceptors (Lipinski definition) is 6. The molecule has 0 saturated heterocycles. The first kappa shape index (κ1) is 21.9. The summed E-state index contributed by atoms with van der Waals surface area (Å²) in [5.74, 6) is 1.36. The number of nitrogens with one attached hydrogen (secondary N) is 1. The zero-order chi connectivity index (χ0) is 22.2. The van der Waals surface area contributed by atoms with E-state index in [1.807, 2.05) is 31.2 Å². The average Bonchev–Trinajstić information content (AvgIpc) is 3.24. The van der Waals surface area contributed by atoms with E-state index in [0.717, 1.165) is 11.1 Å². The Balaban J connectivity index is 1.49. The van der Waals surface area contributed by atoms with Crippen molar-refractivity contribution in [2.45, 2.75) is 26.3 Å². The van der Waals surface area contributed by atoms with E-state index in [0.29, 0.717) is 36.1 Å². The second-order valence-electron chi connectivity index (χ2n) is 7.00. The largest absolute Gasteiger partial charge is 0.493 e. The lowest BCUT2D eigenvalue weighted by molar-refractivity contribution is -0.121. The van der Waals surface area contributed by atoms with Gasteiger partial charge in [0.15, 0.2) is 29.8 Å². The van der Waals surface area contributed by atoms with Crippen molar-refractivity contribution in [1.29, 1.82) is 0 Å². The molecule has 0 fully saturated rings. The number of hydrogen-bond donors (Lipinski definition) is 2. The van der Waals surface area contributed by atoms with Crippen LogP contribution in [0, 0.1) is 6.92 Å². The smallest absolute Gasteiger partial charge is 0.255 e. The number of nitrogens with zero attached hydrogens (tertiary/aromatic N) is 1. The summed E-state index contributed by atoms with van der Waals surface area (Å²) >= 11 is 0. The summed E-state index contributed by atoms with van der Waals surface area (Å²) in [5, 5.41) is 2.86. The molecule has 0 atom stereocenters. The predicted molar refractivity (Wildman–Crippen MR) is 115 cm³/mol. The number of rotatable bonds is 10. The Morgan fingerprint density at radius 3 is 2.61 bits per heavy atom. The molecule has 0 saturated carbocycles. The fraction of sp³-hybridized carbons (Fsp3) is 0.261. The summed E-state index contributed by atoms with van der Waals surface area (Å²) in [6.07, 6.45) is 2.33. The van der Waals surface area contributed by atoms with Crippen molar-refractivity contribution >= 4 is 11.8 Å². The molecule has 31 heavy (non-hydrogen) atoms. The maximum atomic E-state index is 12.2. The molecule has 162 valence electrons. The third-order valence-electron chi connectivity index (χ3n) is 4.54. The van der Waals surface area contributed by atoms with Crippen molar-refractivity contribution in [2.24, 2.45) is 5.73 Å². The summed E-state index contributed by atoms with van der Waals surface area (Å²) in [7, 11) is 1.50. The van der Waals surface area contributed by atoms with Gasteiger partial charge >= 0.3 is 0 Å². The first-order valence-corrected chi connectivity index (χ1v) is 9.81. The van der Waals surface area contributed by atoms with Crippen LogP contribution in [0.2, 0.25) is 0 Å². The van der Waals surface area contributed by atoms with E-state index in [4.69, 9.17) is 19.6 Å². The average molecular weight is 423 g/mol. The number of aromatic nitrogens is 1. The van der Waals surface area contributed by atoms with E-state index in [1.54, 1.807) is 24.4 Å². The lowest BCUT2D eigenvalue weighted by Gasteiger charge is -2.11. The molecule has 2 aromatic carbocycles. The standard InChI is InChI=1S/C23H25N3O5/c1-15-3-6-17(7-4-15)20-13-26-23(31-20)10-9-22(28)25-12-16-5-8-18(19(11-16)29-2)30-14-21(24)27/h3-8,11,13H,9-10,12,14H2,1-2H3,(H2,24,27)(H,25,28). The van der Waals surface area contributed by atoms with Crippen molar-refractivity contribution < 1.29 is 23.5 Å². The molecular weight excluding hydrogens is 398 g/mol. The van der Waals surface area contributed by atoms with E-state index < -0.39 is 5.91 Å². The number of oxazole rings is 1. The van der Waals surface area contributed by atoms with Gasteiger partial charge in [0.25, 0.3) is 5.91 Å². The number of primary amides is 1. The van der Waals surface area contributed by atoms with Crippen LogP contribution in [0.5, 0.6) is 11.5 Å². The molecule has 3 rings (SSSR count). The van der Waals surface area contributed by atoms with Crippen LogP contribution in [0.3, 0.4) is 0 Å². The third kappa shape index (κ3) is 6.33. The number of carbonyl (C=O) groups excluding carboxylic acids is 2. The molecule has 3 N–H and O–H groups in total. The number of amides is 2. The van der Waals surface area contributed by atoms with Crippen molar-refractivity contribution in [3.8, 4) is 22.8 Å². The Morgan fingerprint density at radius 2 is 1.90 bits per heavy atom. The van der Waals surface area contributed by atoms with Crippen molar-refractivity contribution in [3.63, 3.8) is 0 Å². The number of methoxy groups -OCH3 is 1. The third-order valence-corrected chi connectivity index (χ3v) is 4.54. The SMILES string of the molecule is COc1cc(CNC(=O)CCc2ncc(-c3ccc(C)cc3)o2)ccc1OCC(N)=O. The molecule has 1 heterocycles. The summed E-state index contributed by atoms with van der Waals surface area (Å²) in [6, 6.07) is 13.2. The molecule has 2 amide bonds. The maximum absolute atomic E-state index is 12.2. The summed E-state index contributed by atoms with van der Waals surface area (Å²) in [5.41, 5.74) is 8.04. The Kier molecular flexibility index (Phi) is 7.26. The summed E-state index contributed by atoms with van der Waals surface area (Å²) in [4.78, 5) is 27.3. The first-order chi connectivity index (χ1) is 14.9. The van der Waals surface area contributed by atoms with Gasteiger partial charge in [-0.1, -0.05) is 35.9 Å². The second-order valence-corrected chi connectivity index (χ2v) is 7.00. The monoisotopic (exact) mass is 423 g/mol. The Labute approximate surface area is 180 Å². The highest BCUT2D eigenvalue weighted by Crippen LogP contribution is 2.28. The fourth-order valence-electron chi connectivity index (χ4n) is 2.88. The molecule has 0 spiro atoms. The number of ether oxygens (including phenoxy) is 2. The molecule has 3 aromatic rings. The topological polar surface area (TPSA) is 117 Å². The Hall–Kier alpha value is -3.81. The lowest BCUT2D eigenvalue weighted by atomic mass is 10.1. The van der Waals surface area contributed by atoms with Gasteiger partial charge in [-0.25, -0.2) is 4.98 Å². The number of nitrogens with two attached hydrogens (primary N) is 1. The molecule has 0 unspecified atom stereocenters. The van der Waals surface area contributed by atoms with Gasteiger partial charge in [-0.3, -0.25) is 9.59 Å². The van der Waals surface area contributed by atoms with Gasteiger partial charge in [0.1, 0.15) is 0 Å². The van der Waals surface area contributed by atoms with Crippen molar-refractivity contribution in [2.75, 3.05) is 13.7 Å². The predicted octanol–water partition coefficient (Wildman–Crippen LogP) is 2.77. The van der Waals surface area contributed by atoms with Gasteiger partial charge in [-0.15, -0.1) is 0 Å². The number of carbonyl (C=O) groups is 2. The minimum absolute atomic E-state index is 0.122. The molecule has 0 aliphatic rings. The van der Waals surface area contributed by atoms with Crippen LogP contribution in [0.4, 0.5) is 0 Å². The van der Waals surface area contributed by atoms with Crippen LogP contribution >= 0.6 is 0 Å². The lowest BCUT2D eigenvalue weighted by Crippen LogP contribution is -2.23. The normalized spacial score (nSPS) is 10.5. The summed E-state index contributed by atoms with van der Waals surface area (Å²) < 4.78 is 16.3. The minimum atomic E-state index is -0.574. The van der Waals surface area contributed by atoms with E-state index in [-0.39, 0.29) is 18.9 Å². The van der Waals surface area contributed by atoms with Crippen LogP contribution < -0.4 is 20.5 Å². The quantitative estimate of drug-likeness (QED) is 0.518. The minimum Gasteiger partial charge on any atom is -0.493 e. The molecular formula is C23H25N3O5. The molecule has 8 heteroatoms. The van der Waals surface area contributed by atoms with Gasteiger partial charge in [0, 0.05) is 24.9 Å². The summed E-state index contributed by atoms with van der Waals surface area (Å²) in [6.45, 7) is 2.11. The molecule has 0 bridgehead atoms. The van der Waals surface area contributed by atoms with Gasteiger partial charge in [-0.05, 0) is 24.6 Å². The molecule has 0 aliphatic heterocycles. The fourth-order valence-corrected chi connectivity index (χ4v) is 2.88. The second kappa shape index (κ2) is 10.3. The molecule has 8 nitrogen and oxygen atoms in total. The Bertz CT molecular complexity index is 1040. The highest BCUT2D eigenvalue weighted by Gasteiger charge is 2.11. The number of aryl methyl sites for hydroxylation is 2. The molecule has 0 aliphatic carbocycles. The maximum Gasteiger partial charge on any atom is 0.255 e. The highest BCUT2D eigenvalue weighted by atomic mass is 16.5. The van der Waals surface area contributed by atoms with Gasteiger partial charge < -0.3 is 24.9 Å². The van der Waals surface area contributed by atoms with E-state index >= 15 is 0 Å². The number of benzene rings is 2. The van der Waals surface area contributed by atoms with E-state index in [2.05, 4.69) is 10.3 Å². The Morgan fingerprint density at radius 1 is 1.13 bits per heavy atom. The van der Waals surface area contributed by atoms with Crippen LogP contribution in [-0.2, 0) is 22.6 Å². The van der Waals surface area contributed by atoms with E-state index in [9.17, 15) is 9.59 Å². The molecule has 1 aromatic heterocycles. The molecule has 0 radical (unpaired) electrons. The van der Waals surface area contributed by atoms with Crippen molar-refractivity contribution in [3.05, 3.63) is 65.7 Å². The highest BCUT2D eigenvalue weighted by molar-refractivity contribution is 5.76. The van der Waals surface area contributed by atoms with Crippen LogP contribution in [0.1, 0.15) is 23.4 Å². The zero-order valence-corrected chi connectivity index (χ0v) is 17.5. The zero-order valence-electron chi connectivity index (χ0n) is 17.5. The van der Waals surface area contributed by atoms with E-state index in [1.165, 1.54) is 12.7 Å². The van der Waals surface area contributed by atoms with Gasteiger partial charge in [0.05, 0.1) is 13.3 Å². The van der Waals surface area contributed by atoms with Crippen molar-refractivity contribution in [1.82, 2.24) is 10.3 Å². The van der Waals surface area contributed by atoms with Crippen LogP contribution in [0.15, 0.2) is 53.1 Å². The first-order valence-electron chi connectivity index (χ1n) is 9.81. The van der Waals surface area contributed by atoms with Crippen LogP contribution in [-0.4, -0.2) is 30.5 Å². The van der Waals surface area contributed by atoms with Gasteiger partial charge in [-0.2, -0.15) is 0 Å². The van der Waals surface area contributed by atoms with Crippen LogP contribution in [0.25, 0.3) is 11.3 Å².